The van der Waals surface area contributed by atoms with Crippen molar-refractivity contribution in [2.24, 2.45) is 5.92 Å². The van der Waals surface area contributed by atoms with Gasteiger partial charge in [-0.1, -0.05) is 20.3 Å². The van der Waals surface area contributed by atoms with Gasteiger partial charge in [-0.25, -0.2) is 0 Å². The maximum atomic E-state index is 4.57. The first-order valence-corrected chi connectivity index (χ1v) is 7.79. The van der Waals surface area contributed by atoms with E-state index < -0.39 is 0 Å². The molecule has 1 aromatic heterocycles. The number of hydrogen-bond donors (Lipinski definition) is 1. The maximum Gasteiger partial charge on any atom is 0.0738 e. The summed E-state index contributed by atoms with van der Waals surface area (Å²) in [7, 11) is 0. The van der Waals surface area contributed by atoms with Crippen LogP contribution in [0, 0.1) is 12.8 Å². The Morgan fingerprint density at radius 2 is 2.00 bits per heavy atom. The Labute approximate surface area is 119 Å². The largest absolute Gasteiger partial charge is 0.314 e. The molecule has 0 aliphatic heterocycles. The van der Waals surface area contributed by atoms with Crippen molar-refractivity contribution in [3.8, 4) is 0 Å². The molecule has 2 unspecified atom stereocenters. The highest BCUT2D eigenvalue weighted by Crippen LogP contribution is 2.25. The van der Waals surface area contributed by atoms with Crippen molar-refractivity contribution in [2.45, 2.75) is 60.0 Å². The number of nitrogens with one attached hydrogen (secondary N) is 1. The molecule has 104 valence electrons. The van der Waals surface area contributed by atoms with Crippen molar-refractivity contribution in [1.82, 2.24) is 15.1 Å². The summed E-state index contributed by atoms with van der Waals surface area (Å²) in [5, 5.41) is 8.11. The van der Waals surface area contributed by atoms with E-state index in [2.05, 4.69) is 65.6 Å². The molecule has 1 N–H and O–H groups in total. The minimum absolute atomic E-state index is 0.549. The van der Waals surface area contributed by atoms with Crippen molar-refractivity contribution >= 4 is 15.9 Å². The smallest absolute Gasteiger partial charge is 0.0738 e. The van der Waals surface area contributed by atoms with E-state index in [-0.39, 0.29) is 0 Å². The molecular formula is C14H26BrN3. The molecule has 18 heavy (non-hydrogen) atoms. The minimum atomic E-state index is 0.549. The van der Waals surface area contributed by atoms with E-state index in [1.165, 1.54) is 16.6 Å². The SMILES string of the molecule is CCNC(C)C(CC)Cc1c(Br)c(C)nn1CC. The second-order valence-electron chi connectivity index (χ2n) is 4.88. The minimum Gasteiger partial charge on any atom is -0.314 e. The molecule has 0 aliphatic carbocycles. The molecule has 1 heterocycles. The summed E-state index contributed by atoms with van der Waals surface area (Å²) in [6.07, 6.45) is 2.27. The van der Waals surface area contributed by atoms with Crippen LogP contribution in [0.25, 0.3) is 0 Å². The fraction of sp³-hybridized carbons (Fsp3) is 0.786. The highest BCUT2D eigenvalue weighted by Gasteiger charge is 2.20. The third-order valence-electron chi connectivity index (χ3n) is 3.67. The van der Waals surface area contributed by atoms with Crippen molar-refractivity contribution in [3.63, 3.8) is 0 Å². The average molecular weight is 316 g/mol. The third kappa shape index (κ3) is 3.58. The average Bonchev–Trinajstić information content (AvgIpc) is 2.62. The zero-order valence-corrected chi connectivity index (χ0v) is 13.8. The Morgan fingerprint density at radius 1 is 1.33 bits per heavy atom. The van der Waals surface area contributed by atoms with Gasteiger partial charge in [0.25, 0.3) is 0 Å². The lowest BCUT2D eigenvalue weighted by molar-refractivity contribution is 0.359. The predicted octanol–water partition coefficient (Wildman–Crippen LogP) is 3.54. The molecular weight excluding hydrogens is 290 g/mol. The van der Waals surface area contributed by atoms with Gasteiger partial charge in [-0.15, -0.1) is 0 Å². The highest BCUT2D eigenvalue weighted by atomic mass is 79.9. The standard InChI is InChI=1S/C14H26BrN3/c1-6-12(10(4)16-7-2)9-13-14(15)11(5)17-18(13)8-3/h10,12,16H,6-9H2,1-5H3. The number of aromatic nitrogens is 2. The molecule has 0 fully saturated rings. The Hall–Kier alpha value is -0.350. The van der Waals surface area contributed by atoms with Crippen LogP contribution in [-0.4, -0.2) is 22.4 Å². The summed E-state index contributed by atoms with van der Waals surface area (Å²) < 4.78 is 3.31. The van der Waals surface area contributed by atoms with Gasteiger partial charge in [0, 0.05) is 12.6 Å². The Bertz CT molecular complexity index is 373. The molecule has 0 amide bonds. The summed E-state index contributed by atoms with van der Waals surface area (Å²) in [5.74, 6) is 0.655. The first-order valence-electron chi connectivity index (χ1n) is 7.00. The van der Waals surface area contributed by atoms with E-state index in [4.69, 9.17) is 0 Å². The van der Waals surface area contributed by atoms with E-state index >= 15 is 0 Å². The van der Waals surface area contributed by atoms with E-state index in [0.717, 1.165) is 25.2 Å². The second-order valence-corrected chi connectivity index (χ2v) is 5.67. The van der Waals surface area contributed by atoms with Gasteiger partial charge >= 0.3 is 0 Å². The molecule has 0 radical (unpaired) electrons. The topological polar surface area (TPSA) is 29.9 Å². The monoisotopic (exact) mass is 315 g/mol. The molecule has 4 heteroatoms. The fourth-order valence-electron chi connectivity index (χ4n) is 2.48. The summed E-state index contributed by atoms with van der Waals surface area (Å²) >= 11 is 3.68. The van der Waals surface area contributed by atoms with Crippen molar-refractivity contribution in [1.29, 1.82) is 0 Å². The van der Waals surface area contributed by atoms with Crippen LogP contribution in [0.1, 0.15) is 45.5 Å². The van der Waals surface area contributed by atoms with E-state index in [1.807, 2.05) is 0 Å². The molecule has 0 spiro atoms. The van der Waals surface area contributed by atoms with Crippen LogP contribution in [-0.2, 0) is 13.0 Å². The Morgan fingerprint density at radius 3 is 2.50 bits per heavy atom. The molecule has 0 aromatic carbocycles. The quantitative estimate of drug-likeness (QED) is 0.834. The lowest BCUT2D eigenvalue weighted by Gasteiger charge is -2.24. The summed E-state index contributed by atoms with van der Waals surface area (Å²) in [4.78, 5) is 0. The second kappa shape index (κ2) is 7.29. The zero-order valence-electron chi connectivity index (χ0n) is 12.3. The number of nitrogens with zero attached hydrogens (tertiary/aromatic N) is 2. The summed E-state index contributed by atoms with van der Waals surface area (Å²) in [6.45, 7) is 12.9. The molecule has 1 rings (SSSR count). The van der Waals surface area contributed by atoms with Crippen LogP contribution in [0.15, 0.2) is 4.47 Å². The van der Waals surface area contributed by atoms with Crippen molar-refractivity contribution in [3.05, 3.63) is 15.9 Å². The van der Waals surface area contributed by atoms with E-state index in [1.54, 1.807) is 0 Å². The number of rotatable bonds is 7. The van der Waals surface area contributed by atoms with Gasteiger partial charge in [0.05, 0.1) is 15.9 Å². The lowest BCUT2D eigenvalue weighted by Crippen LogP contribution is -2.34. The molecule has 0 aliphatic rings. The fourth-order valence-corrected chi connectivity index (χ4v) is 2.92. The summed E-state index contributed by atoms with van der Waals surface area (Å²) in [5.41, 5.74) is 2.43. The van der Waals surface area contributed by atoms with Gasteiger partial charge < -0.3 is 5.32 Å². The Kier molecular flexibility index (Phi) is 6.36. The van der Waals surface area contributed by atoms with Crippen molar-refractivity contribution in [2.75, 3.05) is 6.54 Å². The normalized spacial score (nSPS) is 14.8. The third-order valence-corrected chi connectivity index (χ3v) is 4.70. The summed E-state index contributed by atoms with van der Waals surface area (Å²) in [6, 6.07) is 0.549. The van der Waals surface area contributed by atoms with Crippen LogP contribution in [0.3, 0.4) is 0 Å². The molecule has 2 atom stereocenters. The van der Waals surface area contributed by atoms with Gasteiger partial charge in [-0.2, -0.15) is 5.10 Å². The number of halogens is 1. The van der Waals surface area contributed by atoms with E-state index in [0.29, 0.717) is 12.0 Å². The zero-order chi connectivity index (χ0) is 13.7. The Balaban J connectivity index is 2.87. The van der Waals surface area contributed by atoms with Crippen molar-refractivity contribution < 1.29 is 0 Å². The van der Waals surface area contributed by atoms with Gasteiger partial charge in [0.1, 0.15) is 0 Å². The maximum absolute atomic E-state index is 4.57. The molecule has 0 bridgehead atoms. The number of hydrogen-bond acceptors (Lipinski definition) is 2. The first kappa shape index (κ1) is 15.7. The van der Waals surface area contributed by atoms with Gasteiger partial charge in [-0.05, 0) is 55.6 Å². The van der Waals surface area contributed by atoms with Crippen LogP contribution < -0.4 is 5.32 Å². The molecule has 0 saturated carbocycles. The molecule has 3 nitrogen and oxygen atoms in total. The predicted molar refractivity (Wildman–Crippen MR) is 81.0 cm³/mol. The van der Waals surface area contributed by atoms with Crippen LogP contribution in [0.4, 0.5) is 0 Å². The molecule has 0 saturated heterocycles. The highest BCUT2D eigenvalue weighted by molar-refractivity contribution is 9.10. The number of aryl methyl sites for hydroxylation is 2. The van der Waals surface area contributed by atoms with Gasteiger partial charge in [0.15, 0.2) is 0 Å². The van der Waals surface area contributed by atoms with Crippen LogP contribution in [0.2, 0.25) is 0 Å². The van der Waals surface area contributed by atoms with E-state index in [9.17, 15) is 0 Å². The molecule has 1 aromatic rings. The van der Waals surface area contributed by atoms with Gasteiger partial charge in [-0.3, -0.25) is 4.68 Å². The van der Waals surface area contributed by atoms with Crippen LogP contribution in [0.5, 0.6) is 0 Å². The van der Waals surface area contributed by atoms with Crippen LogP contribution >= 0.6 is 15.9 Å². The van der Waals surface area contributed by atoms with Gasteiger partial charge in [0.2, 0.25) is 0 Å². The lowest BCUT2D eigenvalue weighted by atomic mass is 9.93. The first-order chi connectivity index (χ1) is 8.54.